The van der Waals surface area contributed by atoms with E-state index in [1.165, 1.54) is 4.79 Å². The van der Waals surface area contributed by atoms with Gasteiger partial charge in [0, 0.05) is 10.0 Å². The third-order valence-electron chi connectivity index (χ3n) is 2.31. The first kappa shape index (κ1) is 14.1. The minimum absolute atomic E-state index is 0.139. The maximum absolute atomic E-state index is 10.8. The first-order valence-electron chi connectivity index (χ1n) is 5.53. The number of primary amides is 1. The molecule has 0 saturated carbocycles. The number of rotatable bonds is 6. The Morgan fingerprint density at radius 3 is 2.95 bits per heavy atom. The van der Waals surface area contributed by atoms with Crippen molar-refractivity contribution in [2.24, 2.45) is 5.73 Å². The normalized spacial score (nSPS) is 10.2. The number of tetrazole rings is 1. The summed E-state index contributed by atoms with van der Waals surface area (Å²) in [5.41, 5.74) is 14.3. The third kappa shape index (κ3) is 3.57. The molecule has 0 bridgehead atoms. The summed E-state index contributed by atoms with van der Waals surface area (Å²) in [5, 5.41) is 10.6. The van der Waals surface area contributed by atoms with E-state index < -0.39 is 5.91 Å². The Labute approximate surface area is 122 Å². The molecule has 0 aliphatic carbocycles. The minimum Gasteiger partial charge on any atom is -0.483 e. The second-order valence-corrected chi connectivity index (χ2v) is 4.71. The average Bonchev–Trinajstić information content (AvgIpc) is 2.80. The molecule has 0 aliphatic rings. The van der Waals surface area contributed by atoms with Gasteiger partial charge in [-0.05, 0) is 28.6 Å². The largest absolute Gasteiger partial charge is 0.483 e. The molecule has 0 fully saturated rings. The number of hydrogen-bond acceptors (Lipinski definition) is 7. The molecule has 1 aromatic carbocycles. The van der Waals surface area contributed by atoms with Crippen molar-refractivity contribution in [1.82, 2.24) is 20.3 Å². The van der Waals surface area contributed by atoms with Crippen LogP contribution >= 0.6 is 15.9 Å². The van der Waals surface area contributed by atoms with Crippen LogP contribution in [0.5, 0.6) is 5.75 Å². The Morgan fingerprint density at radius 2 is 2.30 bits per heavy atom. The van der Waals surface area contributed by atoms with E-state index in [1.54, 1.807) is 12.1 Å². The minimum atomic E-state index is -0.545. The van der Waals surface area contributed by atoms with E-state index >= 15 is 0 Å². The second kappa shape index (κ2) is 6.19. The first-order valence-corrected chi connectivity index (χ1v) is 6.33. The van der Waals surface area contributed by atoms with Gasteiger partial charge in [0.2, 0.25) is 0 Å². The highest BCUT2D eigenvalue weighted by Crippen LogP contribution is 2.23. The lowest BCUT2D eigenvalue weighted by atomic mass is 10.2. The number of amides is 1. The summed E-state index contributed by atoms with van der Waals surface area (Å²) in [5.74, 6) is 0.127. The zero-order valence-electron chi connectivity index (χ0n) is 10.3. The van der Waals surface area contributed by atoms with Crippen molar-refractivity contribution in [3.8, 4) is 5.75 Å². The third-order valence-corrected chi connectivity index (χ3v) is 2.80. The number of nitrogens with zero attached hydrogens (tertiary/aromatic N) is 4. The molecule has 1 heterocycles. The van der Waals surface area contributed by atoms with Crippen LogP contribution in [0.15, 0.2) is 22.7 Å². The Hall–Kier alpha value is -2.36. The summed E-state index contributed by atoms with van der Waals surface area (Å²) < 4.78 is 6.19. The molecule has 5 N–H and O–H groups in total. The Balaban J connectivity index is 2.10. The second-order valence-electron chi connectivity index (χ2n) is 3.79. The van der Waals surface area contributed by atoms with Crippen LogP contribution in [0.25, 0.3) is 0 Å². The molecular formula is C10H12BrN7O2. The van der Waals surface area contributed by atoms with Crippen LogP contribution in [0.4, 0.5) is 5.95 Å². The van der Waals surface area contributed by atoms with E-state index in [1.807, 2.05) is 6.07 Å². The van der Waals surface area contributed by atoms with E-state index in [4.69, 9.17) is 16.2 Å². The molecule has 106 valence electrons. The van der Waals surface area contributed by atoms with Gasteiger partial charge in [-0.25, -0.2) is 0 Å². The van der Waals surface area contributed by atoms with Gasteiger partial charge in [0.1, 0.15) is 5.75 Å². The molecule has 2 aromatic rings. The van der Waals surface area contributed by atoms with Crippen LogP contribution in [-0.4, -0.2) is 32.8 Å². The van der Waals surface area contributed by atoms with Gasteiger partial charge < -0.3 is 21.6 Å². The van der Waals surface area contributed by atoms with E-state index in [9.17, 15) is 4.79 Å². The highest BCUT2D eigenvalue weighted by Gasteiger charge is 2.08. The lowest BCUT2D eigenvalue weighted by Crippen LogP contribution is -2.22. The maximum Gasteiger partial charge on any atom is 0.260 e. The number of nitrogen functional groups attached to an aromatic ring is 1. The molecule has 10 heteroatoms. The van der Waals surface area contributed by atoms with Crippen molar-refractivity contribution >= 4 is 27.8 Å². The fraction of sp³-hybridized carbons (Fsp3) is 0.200. The van der Waals surface area contributed by atoms with Gasteiger partial charge in [-0.1, -0.05) is 21.0 Å². The van der Waals surface area contributed by atoms with Crippen molar-refractivity contribution in [2.75, 3.05) is 17.8 Å². The lowest BCUT2D eigenvalue weighted by molar-refractivity contribution is -0.119. The Bertz CT molecular complexity index is 615. The molecule has 0 aliphatic heterocycles. The molecule has 0 radical (unpaired) electrons. The molecule has 0 saturated heterocycles. The van der Waals surface area contributed by atoms with Gasteiger partial charge >= 0.3 is 0 Å². The number of nitrogens with two attached hydrogens (primary N) is 2. The van der Waals surface area contributed by atoms with Gasteiger partial charge in [-0.3, -0.25) is 4.79 Å². The van der Waals surface area contributed by atoms with Crippen LogP contribution < -0.4 is 21.6 Å². The zero-order chi connectivity index (χ0) is 14.5. The number of halogens is 1. The predicted molar refractivity (Wildman–Crippen MR) is 74.1 cm³/mol. The molecule has 0 unspecified atom stereocenters. The summed E-state index contributed by atoms with van der Waals surface area (Å²) >= 11 is 3.36. The Morgan fingerprint density at radius 1 is 1.50 bits per heavy atom. The number of nitrogens with one attached hydrogen (secondary N) is 1. The SMILES string of the molecule is NC(=O)COc1ccc(Br)cc1CNn1nnnc1N. The van der Waals surface area contributed by atoms with Crippen LogP contribution in [0.3, 0.4) is 0 Å². The smallest absolute Gasteiger partial charge is 0.260 e. The van der Waals surface area contributed by atoms with Crippen LogP contribution in [0.1, 0.15) is 5.56 Å². The van der Waals surface area contributed by atoms with Gasteiger partial charge in [-0.2, -0.15) is 0 Å². The number of hydrogen-bond donors (Lipinski definition) is 3. The summed E-state index contributed by atoms with van der Waals surface area (Å²) in [6, 6.07) is 5.36. The fourth-order valence-corrected chi connectivity index (χ4v) is 1.85. The summed E-state index contributed by atoms with van der Waals surface area (Å²) in [4.78, 5) is 12.0. The number of benzene rings is 1. The average molecular weight is 342 g/mol. The highest BCUT2D eigenvalue weighted by molar-refractivity contribution is 9.10. The quantitative estimate of drug-likeness (QED) is 0.652. The van der Waals surface area contributed by atoms with Crippen molar-refractivity contribution < 1.29 is 9.53 Å². The molecule has 2 rings (SSSR count). The van der Waals surface area contributed by atoms with Crippen LogP contribution in [-0.2, 0) is 11.3 Å². The number of anilines is 1. The van der Waals surface area contributed by atoms with Crippen molar-refractivity contribution in [3.63, 3.8) is 0 Å². The van der Waals surface area contributed by atoms with Gasteiger partial charge in [0.05, 0.1) is 6.54 Å². The molecule has 1 aromatic heterocycles. The van der Waals surface area contributed by atoms with Gasteiger partial charge in [0.25, 0.3) is 11.9 Å². The summed E-state index contributed by atoms with van der Waals surface area (Å²) in [6.45, 7) is 0.157. The zero-order valence-corrected chi connectivity index (χ0v) is 11.9. The predicted octanol–water partition coefficient (Wildman–Crippen LogP) is -0.374. The van der Waals surface area contributed by atoms with E-state index in [0.29, 0.717) is 12.3 Å². The van der Waals surface area contributed by atoms with Crippen molar-refractivity contribution in [1.29, 1.82) is 0 Å². The van der Waals surface area contributed by atoms with E-state index in [0.717, 1.165) is 10.0 Å². The molecular weight excluding hydrogens is 330 g/mol. The maximum atomic E-state index is 10.8. The summed E-state index contributed by atoms with van der Waals surface area (Å²) in [6.07, 6.45) is 0. The van der Waals surface area contributed by atoms with E-state index in [-0.39, 0.29) is 12.6 Å². The standard InChI is InChI=1S/C10H12BrN7O2/c11-7-1-2-8(20-5-9(12)19)6(3-7)4-14-18-10(13)15-16-17-18/h1-3,14H,4-5H2,(H2,12,19)(H2,13,15,17). The monoisotopic (exact) mass is 341 g/mol. The fourth-order valence-electron chi connectivity index (χ4n) is 1.44. The van der Waals surface area contributed by atoms with Gasteiger partial charge in [-0.15, -0.1) is 4.79 Å². The Kier molecular flexibility index (Phi) is 4.35. The lowest BCUT2D eigenvalue weighted by Gasteiger charge is -2.12. The van der Waals surface area contributed by atoms with Crippen LogP contribution in [0.2, 0.25) is 0 Å². The molecule has 9 nitrogen and oxygen atoms in total. The molecule has 0 atom stereocenters. The molecule has 1 amide bonds. The van der Waals surface area contributed by atoms with Crippen molar-refractivity contribution in [2.45, 2.75) is 6.54 Å². The molecule has 0 spiro atoms. The van der Waals surface area contributed by atoms with Crippen LogP contribution in [0, 0.1) is 0 Å². The first-order chi connectivity index (χ1) is 9.56. The number of carbonyl (C=O) groups excluding carboxylic acids is 1. The van der Waals surface area contributed by atoms with E-state index in [2.05, 4.69) is 36.9 Å². The number of ether oxygens (including phenoxy) is 1. The van der Waals surface area contributed by atoms with Gasteiger partial charge in [0.15, 0.2) is 6.61 Å². The highest BCUT2D eigenvalue weighted by atomic mass is 79.9. The number of carbonyl (C=O) groups is 1. The topological polar surface area (TPSA) is 134 Å². The molecule has 20 heavy (non-hydrogen) atoms. The van der Waals surface area contributed by atoms with Crippen molar-refractivity contribution in [3.05, 3.63) is 28.2 Å². The summed E-state index contributed by atoms with van der Waals surface area (Å²) in [7, 11) is 0. The number of aromatic nitrogens is 4.